The van der Waals surface area contributed by atoms with E-state index in [9.17, 15) is 18.0 Å². The Morgan fingerprint density at radius 1 is 1.03 bits per heavy atom. The van der Waals surface area contributed by atoms with Gasteiger partial charge in [0.15, 0.2) is 17.6 Å². The fourth-order valence-corrected chi connectivity index (χ4v) is 3.98. The Bertz CT molecular complexity index is 1100. The summed E-state index contributed by atoms with van der Waals surface area (Å²) in [7, 11) is -3.87. The smallest absolute Gasteiger partial charge is 0.338 e. The molecule has 0 spiro atoms. The van der Waals surface area contributed by atoms with Gasteiger partial charge in [0.25, 0.3) is 15.9 Å². The molecule has 0 bridgehead atoms. The van der Waals surface area contributed by atoms with Gasteiger partial charge in [-0.25, -0.2) is 13.2 Å². The monoisotopic (exact) mass is 446 g/mol. The van der Waals surface area contributed by atoms with Gasteiger partial charge < -0.3 is 19.5 Å². The molecule has 0 aromatic heterocycles. The Labute approximate surface area is 179 Å². The van der Waals surface area contributed by atoms with Gasteiger partial charge >= 0.3 is 5.97 Å². The molecule has 2 aromatic carbocycles. The second kappa shape index (κ2) is 8.46. The molecule has 1 saturated carbocycles. The summed E-state index contributed by atoms with van der Waals surface area (Å²) >= 11 is 0. The number of amides is 1. The van der Waals surface area contributed by atoms with E-state index in [-0.39, 0.29) is 28.1 Å². The molecule has 1 fully saturated rings. The van der Waals surface area contributed by atoms with Crippen molar-refractivity contribution in [2.24, 2.45) is 0 Å². The van der Waals surface area contributed by atoms with E-state index < -0.39 is 22.1 Å². The van der Waals surface area contributed by atoms with E-state index in [2.05, 4.69) is 10.0 Å². The van der Waals surface area contributed by atoms with Crippen molar-refractivity contribution >= 4 is 27.6 Å². The molecule has 31 heavy (non-hydrogen) atoms. The number of esters is 1. The first-order valence-corrected chi connectivity index (χ1v) is 11.3. The van der Waals surface area contributed by atoms with Gasteiger partial charge in [0, 0.05) is 17.8 Å². The van der Waals surface area contributed by atoms with Crippen LogP contribution in [0.25, 0.3) is 0 Å². The van der Waals surface area contributed by atoms with E-state index in [1.807, 2.05) is 0 Å². The van der Waals surface area contributed by atoms with Gasteiger partial charge in [-0.2, -0.15) is 0 Å². The van der Waals surface area contributed by atoms with Gasteiger partial charge in [-0.1, -0.05) is 0 Å². The number of nitrogens with one attached hydrogen (secondary N) is 2. The van der Waals surface area contributed by atoms with Crippen LogP contribution in [0, 0.1) is 0 Å². The summed E-state index contributed by atoms with van der Waals surface area (Å²) in [5.74, 6) is -0.139. The number of ether oxygens (including phenoxy) is 3. The molecule has 2 aromatic rings. The van der Waals surface area contributed by atoms with Crippen LogP contribution in [0.5, 0.6) is 11.5 Å². The van der Waals surface area contributed by atoms with Gasteiger partial charge in [-0.05, 0) is 56.2 Å². The third kappa shape index (κ3) is 5.08. The molecule has 0 radical (unpaired) electrons. The Kier molecular flexibility index (Phi) is 5.73. The summed E-state index contributed by atoms with van der Waals surface area (Å²) in [6.07, 6.45) is 0.966. The predicted molar refractivity (Wildman–Crippen MR) is 111 cm³/mol. The average Bonchev–Trinajstić information content (AvgIpc) is 3.57. The van der Waals surface area contributed by atoms with Crippen molar-refractivity contribution in [2.45, 2.75) is 36.8 Å². The lowest BCUT2D eigenvalue weighted by Crippen LogP contribution is -2.37. The highest BCUT2D eigenvalue weighted by molar-refractivity contribution is 7.92. The first-order valence-electron chi connectivity index (χ1n) is 9.86. The molecule has 9 nitrogen and oxygen atoms in total. The lowest BCUT2D eigenvalue weighted by Gasteiger charge is -2.19. The summed E-state index contributed by atoms with van der Waals surface area (Å²) < 4.78 is 43.8. The zero-order chi connectivity index (χ0) is 22.0. The molecular formula is C21H22N2O7S. The van der Waals surface area contributed by atoms with Crippen LogP contribution < -0.4 is 19.5 Å². The van der Waals surface area contributed by atoms with Crippen LogP contribution >= 0.6 is 0 Å². The maximum atomic E-state index is 12.7. The van der Waals surface area contributed by atoms with Crippen molar-refractivity contribution in [3.05, 3.63) is 48.0 Å². The van der Waals surface area contributed by atoms with E-state index in [0.29, 0.717) is 24.7 Å². The zero-order valence-electron chi connectivity index (χ0n) is 16.8. The Morgan fingerprint density at radius 3 is 2.39 bits per heavy atom. The maximum Gasteiger partial charge on any atom is 0.338 e. The summed E-state index contributed by atoms with van der Waals surface area (Å²) in [4.78, 5) is 24.2. The number of hydrogen-bond acceptors (Lipinski definition) is 7. The highest BCUT2D eigenvalue weighted by atomic mass is 32.2. The third-order valence-corrected chi connectivity index (χ3v) is 6.15. The molecular weight excluding hydrogens is 424 g/mol. The first-order chi connectivity index (χ1) is 14.8. The molecule has 2 aliphatic rings. The highest BCUT2D eigenvalue weighted by Crippen LogP contribution is 2.32. The molecule has 164 valence electrons. The SMILES string of the molecule is CC(OC(=O)c1ccc(NS(=O)(=O)c2ccc3c(c2)OCCO3)cc1)C(=O)NC1CC1. The number of rotatable bonds is 7. The molecule has 4 rings (SSSR count). The van der Waals surface area contributed by atoms with E-state index in [1.54, 1.807) is 6.07 Å². The van der Waals surface area contributed by atoms with Crippen LogP contribution in [0.15, 0.2) is 47.4 Å². The largest absolute Gasteiger partial charge is 0.486 e. The van der Waals surface area contributed by atoms with Crippen LogP contribution in [-0.4, -0.2) is 45.7 Å². The Hall–Kier alpha value is -3.27. The van der Waals surface area contributed by atoms with Crippen molar-refractivity contribution in [3.63, 3.8) is 0 Å². The molecule has 0 saturated heterocycles. The summed E-state index contributed by atoms with van der Waals surface area (Å²) in [6, 6.07) is 10.3. The molecule has 1 amide bonds. The number of carbonyl (C=O) groups excluding carboxylic acids is 2. The van der Waals surface area contributed by atoms with Crippen LogP contribution in [0.1, 0.15) is 30.1 Å². The molecule has 1 atom stereocenters. The second-order valence-corrected chi connectivity index (χ2v) is 9.00. The first kappa shape index (κ1) is 21.0. The van der Waals surface area contributed by atoms with Gasteiger partial charge in [-0.3, -0.25) is 9.52 Å². The normalized spacial score (nSPS) is 16.2. The molecule has 2 N–H and O–H groups in total. The zero-order valence-corrected chi connectivity index (χ0v) is 17.6. The van der Waals surface area contributed by atoms with E-state index >= 15 is 0 Å². The fourth-order valence-electron chi connectivity index (χ4n) is 2.91. The lowest BCUT2D eigenvalue weighted by atomic mass is 10.2. The lowest BCUT2D eigenvalue weighted by molar-refractivity contribution is -0.129. The number of fused-ring (bicyclic) bond motifs is 1. The third-order valence-electron chi connectivity index (χ3n) is 4.77. The van der Waals surface area contributed by atoms with Crippen molar-refractivity contribution < 1.29 is 32.2 Å². The summed E-state index contributed by atoms with van der Waals surface area (Å²) in [6.45, 7) is 2.27. The molecule has 1 aliphatic heterocycles. The van der Waals surface area contributed by atoms with Crippen molar-refractivity contribution in [1.82, 2.24) is 5.32 Å². The Morgan fingerprint density at radius 2 is 1.71 bits per heavy atom. The van der Waals surface area contributed by atoms with Crippen LogP contribution in [-0.2, 0) is 19.6 Å². The van der Waals surface area contributed by atoms with Crippen molar-refractivity contribution in [1.29, 1.82) is 0 Å². The number of sulfonamides is 1. The second-order valence-electron chi connectivity index (χ2n) is 7.32. The van der Waals surface area contributed by atoms with Gasteiger partial charge in [-0.15, -0.1) is 0 Å². The van der Waals surface area contributed by atoms with Crippen LogP contribution in [0.4, 0.5) is 5.69 Å². The number of benzene rings is 2. The fraction of sp³-hybridized carbons (Fsp3) is 0.333. The standard InChI is InChI=1S/C21H22N2O7S/c1-13(20(24)22-15-6-7-15)30-21(25)14-2-4-16(5-3-14)23-31(26,27)17-8-9-18-19(12-17)29-11-10-28-18/h2-5,8-9,12-13,15,23H,6-7,10-11H2,1H3,(H,22,24). The minimum Gasteiger partial charge on any atom is -0.486 e. The van der Waals surface area contributed by atoms with E-state index in [4.69, 9.17) is 14.2 Å². The van der Waals surface area contributed by atoms with Crippen LogP contribution in [0.2, 0.25) is 0 Å². The number of anilines is 1. The van der Waals surface area contributed by atoms with Gasteiger partial charge in [0.05, 0.1) is 10.5 Å². The molecule has 10 heteroatoms. The maximum absolute atomic E-state index is 12.7. The topological polar surface area (TPSA) is 120 Å². The minimum absolute atomic E-state index is 0.0238. The van der Waals surface area contributed by atoms with E-state index in [0.717, 1.165) is 12.8 Å². The van der Waals surface area contributed by atoms with E-state index in [1.165, 1.54) is 43.3 Å². The van der Waals surface area contributed by atoms with Crippen molar-refractivity contribution in [2.75, 3.05) is 17.9 Å². The highest BCUT2D eigenvalue weighted by Gasteiger charge is 2.27. The Balaban J connectivity index is 1.39. The van der Waals surface area contributed by atoms with Crippen molar-refractivity contribution in [3.8, 4) is 11.5 Å². The van der Waals surface area contributed by atoms with Gasteiger partial charge in [0.1, 0.15) is 13.2 Å². The minimum atomic E-state index is -3.87. The molecule has 1 heterocycles. The molecule has 1 unspecified atom stereocenters. The average molecular weight is 446 g/mol. The van der Waals surface area contributed by atoms with Gasteiger partial charge in [0.2, 0.25) is 0 Å². The quantitative estimate of drug-likeness (QED) is 0.625. The molecule has 1 aliphatic carbocycles. The summed E-state index contributed by atoms with van der Waals surface area (Å²) in [5.41, 5.74) is 0.472. The number of carbonyl (C=O) groups is 2. The van der Waals surface area contributed by atoms with Crippen LogP contribution in [0.3, 0.4) is 0 Å². The predicted octanol–water partition coefficient (Wildman–Crippen LogP) is 2.08. The summed E-state index contributed by atoms with van der Waals surface area (Å²) in [5, 5.41) is 2.77. The number of hydrogen-bond donors (Lipinski definition) is 2.